The molecule has 0 saturated heterocycles. The molecule has 2 aromatic heterocycles. The number of methoxy groups -OCH3 is 1. The maximum absolute atomic E-state index is 6.13. The number of rotatable bonds is 3. The highest BCUT2D eigenvalue weighted by Gasteiger charge is 2.13. The number of aromatic nitrogens is 3. The van der Waals surface area contributed by atoms with Gasteiger partial charge in [-0.05, 0) is 11.6 Å². The summed E-state index contributed by atoms with van der Waals surface area (Å²) in [6.45, 7) is 0. The molecule has 2 aromatic rings. The Balaban J connectivity index is 2.33. The zero-order valence-electron chi connectivity index (χ0n) is 9.29. The van der Waals surface area contributed by atoms with Gasteiger partial charge in [0, 0.05) is 13.2 Å². The third-order valence-corrected chi connectivity index (χ3v) is 2.50. The van der Waals surface area contributed by atoms with Gasteiger partial charge in [0.15, 0.2) is 0 Å². The van der Waals surface area contributed by atoms with Gasteiger partial charge in [-0.15, -0.1) is 0 Å². The number of imidazole rings is 1. The molecule has 0 amide bonds. The van der Waals surface area contributed by atoms with Gasteiger partial charge in [-0.25, -0.2) is 4.98 Å². The average Bonchev–Trinajstić information content (AvgIpc) is 2.74. The number of nitrogens with zero attached hydrogens (tertiary/aromatic N) is 3. The predicted octanol–water partition coefficient (Wildman–Crippen LogP) is 0.872. The van der Waals surface area contributed by atoms with Crippen molar-refractivity contribution in [2.24, 2.45) is 12.8 Å². The normalized spacial score (nSPS) is 12.4. The van der Waals surface area contributed by atoms with E-state index in [1.165, 1.54) is 0 Å². The van der Waals surface area contributed by atoms with Gasteiger partial charge in [-0.2, -0.15) is 0 Å². The van der Waals surface area contributed by atoms with E-state index in [1.54, 1.807) is 32.0 Å². The molecule has 0 aliphatic carbocycles. The second kappa shape index (κ2) is 4.32. The molecule has 2 N–H and O–H groups in total. The standard InChI is InChI=1S/C11H14N4O/c1-15-7-14-6-10(15)11(12)8-3-9(16-2)5-13-4-8/h3-7,11H,12H2,1-2H3. The minimum atomic E-state index is -0.241. The maximum atomic E-state index is 6.13. The van der Waals surface area contributed by atoms with E-state index in [1.807, 2.05) is 17.7 Å². The fourth-order valence-corrected chi connectivity index (χ4v) is 1.56. The Labute approximate surface area is 93.9 Å². The van der Waals surface area contributed by atoms with Crippen molar-refractivity contribution < 1.29 is 4.74 Å². The second-order valence-corrected chi connectivity index (χ2v) is 3.57. The molecule has 0 spiro atoms. The quantitative estimate of drug-likeness (QED) is 0.830. The molecule has 5 heteroatoms. The van der Waals surface area contributed by atoms with Crippen LogP contribution in [0.4, 0.5) is 0 Å². The van der Waals surface area contributed by atoms with E-state index < -0.39 is 0 Å². The van der Waals surface area contributed by atoms with Crippen molar-refractivity contribution >= 4 is 0 Å². The highest BCUT2D eigenvalue weighted by atomic mass is 16.5. The van der Waals surface area contributed by atoms with Gasteiger partial charge in [0.1, 0.15) is 5.75 Å². The lowest BCUT2D eigenvalue weighted by Crippen LogP contribution is -2.15. The van der Waals surface area contributed by atoms with Crippen LogP contribution in [-0.4, -0.2) is 21.6 Å². The van der Waals surface area contributed by atoms with Crippen molar-refractivity contribution in [3.8, 4) is 5.75 Å². The summed E-state index contributed by atoms with van der Waals surface area (Å²) in [5.74, 6) is 0.704. The lowest BCUT2D eigenvalue weighted by Gasteiger charge is -2.12. The summed E-state index contributed by atoms with van der Waals surface area (Å²) in [4.78, 5) is 8.12. The van der Waals surface area contributed by atoms with Gasteiger partial charge in [-0.3, -0.25) is 4.98 Å². The highest BCUT2D eigenvalue weighted by molar-refractivity contribution is 5.30. The summed E-state index contributed by atoms with van der Waals surface area (Å²) in [7, 11) is 3.52. The van der Waals surface area contributed by atoms with E-state index >= 15 is 0 Å². The van der Waals surface area contributed by atoms with Gasteiger partial charge >= 0.3 is 0 Å². The number of aryl methyl sites for hydroxylation is 1. The Hall–Kier alpha value is -1.88. The molecule has 5 nitrogen and oxygen atoms in total. The highest BCUT2D eigenvalue weighted by Crippen LogP contribution is 2.21. The third kappa shape index (κ3) is 1.90. The van der Waals surface area contributed by atoms with Crippen LogP contribution in [0.2, 0.25) is 0 Å². The van der Waals surface area contributed by atoms with Crippen LogP contribution in [0.1, 0.15) is 17.3 Å². The minimum Gasteiger partial charge on any atom is -0.495 e. The van der Waals surface area contributed by atoms with Crippen molar-refractivity contribution in [3.05, 3.63) is 42.2 Å². The molecule has 2 heterocycles. The fourth-order valence-electron chi connectivity index (χ4n) is 1.56. The van der Waals surface area contributed by atoms with E-state index in [9.17, 15) is 0 Å². The van der Waals surface area contributed by atoms with Crippen LogP contribution in [-0.2, 0) is 7.05 Å². The number of nitrogens with two attached hydrogens (primary N) is 1. The molecule has 84 valence electrons. The number of pyridine rings is 1. The first-order chi connectivity index (χ1) is 7.72. The van der Waals surface area contributed by atoms with Crippen molar-refractivity contribution in [2.75, 3.05) is 7.11 Å². The van der Waals surface area contributed by atoms with E-state index in [4.69, 9.17) is 10.5 Å². The first kappa shape index (κ1) is 10.6. The van der Waals surface area contributed by atoms with Crippen LogP contribution in [0.5, 0.6) is 5.75 Å². The minimum absolute atomic E-state index is 0.241. The molecule has 16 heavy (non-hydrogen) atoms. The molecule has 2 rings (SSSR count). The Kier molecular flexibility index (Phi) is 2.87. The number of hydrogen-bond donors (Lipinski definition) is 1. The van der Waals surface area contributed by atoms with Gasteiger partial charge < -0.3 is 15.0 Å². The lowest BCUT2D eigenvalue weighted by atomic mass is 10.1. The summed E-state index contributed by atoms with van der Waals surface area (Å²) in [5, 5.41) is 0. The van der Waals surface area contributed by atoms with E-state index in [-0.39, 0.29) is 6.04 Å². The van der Waals surface area contributed by atoms with E-state index in [0.29, 0.717) is 5.75 Å². The van der Waals surface area contributed by atoms with Gasteiger partial charge in [0.2, 0.25) is 0 Å². The molecule has 0 bridgehead atoms. The van der Waals surface area contributed by atoms with Crippen LogP contribution >= 0.6 is 0 Å². The second-order valence-electron chi connectivity index (χ2n) is 3.57. The molecule has 0 aromatic carbocycles. The number of ether oxygens (including phenoxy) is 1. The SMILES string of the molecule is COc1cncc(C(N)c2cncn2C)c1. The maximum Gasteiger partial charge on any atom is 0.137 e. The fraction of sp³-hybridized carbons (Fsp3) is 0.273. The lowest BCUT2D eigenvalue weighted by molar-refractivity contribution is 0.412. The topological polar surface area (TPSA) is 66.0 Å². The summed E-state index contributed by atoms with van der Waals surface area (Å²) in [6.07, 6.45) is 6.87. The predicted molar refractivity (Wildman–Crippen MR) is 60.0 cm³/mol. The molecule has 0 aliphatic heterocycles. The smallest absolute Gasteiger partial charge is 0.137 e. The van der Waals surface area contributed by atoms with E-state index in [2.05, 4.69) is 9.97 Å². The van der Waals surface area contributed by atoms with Gasteiger partial charge in [0.25, 0.3) is 0 Å². The third-order valence-electron chi connectivity index (χ3n) is 2.50. The van der Waals surface area contributed by atoms with Crippen LogP contribution < -0.4 is 10.5 Å². The summed E-state index contributed by atoms with van der Waals surface area (Å²) in [6, 6.07) is 1.64. The van der Waals surface area contributed by atoms with Crippen LogP contribution in [0.25, 0.3) is 0 Å². The molecule has 0 radical (unpaired) electrons. The first-order valence-electron chi connectivity index (χ1n) is 4.93. The van der Waals surface area contributed by atoms with Crippen LogP contribution in [0, 0.1) is 0 Å². The van der Waals surface area contributed by atoms with Crippen molar-refractivity contribution in [1.82, 2.24) is 14.5 Å². The Morgan fingerprint density at radius 2 is 2.12 bits per heavy atom. The van der Waals surface area contributed by atoms with Crippen molar-refractivity contribution in [1.29, 1.82) is 0 Å². The molecule has 1 unspecified atom stereocenters. The molecular weight excluding hydrogens is 204 g/mol. The first-order valence-corrected chi connectivity index (χ1v) is 4.93. The zero-order valence-corrected chi connectivity index (χ0v) is 9.29. The molecule has 1 atom stereocenters. The Bertz CT molecular complexity index is 480. The molecule has 0 saturated carbocycles. The van der Waals surface area contributed by atoms with Crippen molar-refractivity contribution in [2.45, 2.75) is 6.04 Å². The molecule has 0 fully saturated rings. The summed E-state index contributed by atoms with van der Waals surface area (Å²) in [5.41, 5.74) is 7.97. The summed E-state index contributed by atoms with van der Waals surface area (Å²) >= 11 is 0. The van der Waals surface area contributed by atoms with E-state index in [0.717, 1.165) is 11.3 Å². The Morgan fingerprint density at radius 3 is 2.75 bits per heavy atom. The summed E-state index contributed by atoms with van der Waals surface area (Å²) < 4.78 is 7.01. The van der Waals surface area contributed by atoms with Gasteiger partial charge in [0.05, 0.1) is 37.6 Å². The zero-order chi connectivity index (χ0) is 11.5. The number of hydrogen-bond acceptors (Lipinski definition) is 4. The monoisotopic (exact) mass is 218 g/mol. The van der Waals surface area contributed by atoms with Gasteiger partial charge in [-0.1, -0.05) is 0 Å². The average molecular weight is 218 g/mol. The largest absolute Gasteiger partial charge is 0.495 e. The molecule has 0 aliphatic rings. The Morgan fingerprint density at radius 1 is 1.31 bits per heavy atom. The van der Waals surface area contributed by atoms with Crippen LogP contribution in [0.15, 0.2) is 31.0 Å². The van der Waals surface area contributed by atoms with Crippen LogP contribution in [0.3, 0.4) is 0 Å². The van der Waals surface area contributed by atoms with Crippen molar-refractivity contribution in [3.63, 3.8) is 0 Å². The molecular formula is C11H14N4O.